The van der Waals surface area contributed by atoms with Crippen molar-refractivity contribution >= 4 is 17.2 Å². The van der Waals surface area contributed by atoms with Crippen molar-refractivity contribution in [1.82, 2.24) is 10.3 Å². The number of thiazole rings is 1. The van der Waals surface area contributed by atoms with Crippen molar-refractivity contribution < 1.29 is 9.53 Å². The summed E-state index contributed by atoms with van der Waals surface area (Å²) in [6.07, 6.45) is 1.01. The highest BCUT2D eigenvalue weighted by atomic mass is 32.1. The van der Waals surface area contributed by atoms with Crippen LogP contribution in [0.15, 0.2) is 24.3 Å². The number of ether oxygens (including phenoxy) is 1. The van der Waals surface area contributed by atoms with Gasteiger partial charge in [-0.05, 0) is 37.3 Å². The first-order valence-corrected chi connectivity index (χ1v) is 8.80. The maximum Gasteiger partial charge on any atom is 0.263 e. The Kier molecular flexibility index (Phi) is 3.50. The van der Waals surface area contributed by atoms with Gasteiger partial charge in [0.2, 0.25) is 0 Å². The summed E-state index contributed by atoms with van der Waals surface area (Å²) in [4.78, 5) is 17.8. The van der Waals surface area contributed by atoms with Crippen molar-refractivity contribution in [2.75, 3.05) is 7.11 Å². The first-order valence-electron chi connectivity index (χ1n) is 7.99. The van der Waals surface area contributed by atoms with Crippen molar-refractivity contribution in [3.05, 3.63) is 51.0 Å². The molecular formula is C18H20N2O2S. The van der Waals surface area contributed by atoms with E-state index in [1.807, 2.05) is 13.8 Å². The van der Waals surface area contributed by atoms with Gasteiger partial charge < -0.3 is 10.1 Å². The van der Waals surface area contributed by atoms with Crippen LogP contribution in [-0.4, -0.2) is 24.0 Å². The van der Waals surface area contributed by atoms with Gasteiger partial charge in [-0.2, -0.15) is 0 Å². The SMILES string of the molecule is COC(C)c1nc(C)c(C(=O)NC2C3Cc4ccccc4C32)s1. The molecule has 23 heavy (non-hydrogen) atoms. The van der Waals surface area contributed by atoms with Crippen LogP contribution in [0.1, 0.15) is 50.4 Å². The van der Waals surface area contributed by atoms with Crippen LogP contribution in [-0.2, 0) is 11.2 Å². The third-order valence-electron chi connectivity index (χ3n) is 5.06. The molecule has 4 nitrogen and oxygen atoms in total. The molecule has 5 heteroatoms. The van der Waals surface area contributed by atoms with E-state index >= 15 is 0 Å². The molecule has 1 heterocycles. The van der Waals surface area contributed by atoms with Gasteiger partial charge in [-0.15, -0.1) is 11.3 Å². The number of aromatic nitrogens is 1. The standard InChI is InChI=1S/C18H20N2O2S/c1-9-16(23-18(19-9)10(2)22-3)17(21)20-15-13-8-11-6-4-5-7-12(11)14(13)15/h4-7,10,13-15H,8H2,1-3H3,(H,20,21). The average Bonchev–Trinajstić information content (AvgIpc) is 2.92. The highest BCUT2D eigenvalue weighted by Crippen LogP contribution is 2.56. The summed E-state index contributed by atoms with van der Waals surface area (Å²) in [6.45, 7) is 3.84. The summed E-state index contributed by atoms with van der Waals surface area (Å²) < 4.78 is 5.29. The van der Waals surface area contributed by atoms with Crippen molar-refractivity contribution in [2.24, 2.45) is 5.92 Å². The quantitative estimate of drug-likeness (QED) is 0.937. The zero-order valence-corrected chi connectivity index (χ0v) is 14.3. The van der Waals surface area contributed by atoms with E-state index in [1.54, 1.807) is 7.11 Å². The fourth-order valence-corrected chi connectivity index (χ4v) is 4.67. The van der Waals surface area contributed by atoms with Gasteiger partial charge in [0.25, 0.3) is 5.91 Å². The average molecular weight is 328 g/mol. The third kappa shape index (κ3) is 2.39. The van der Waals surface area contributed by atoms with Crippen molar-refractivity contribution in [1.29, 1.82) is 0 Å². The van der Waals surface area contributed by atoms with E-state index < -0.39 is 0 Å². The zero-order valence-electron chi connectivity index (χ0n) is 13.5. The van der Waals surface area contributed by atoms with Gasteiger partial charge in [0.15, 0.2) is 0 Å². The highest BCUT2D eigenvalue weighted by molar-refractivity contribution is 7.13. The van der Waals surface area contributed by atoms with E-state index in [1.165, 1.54) is 22.5 Å². The molecule has 1 N–H and O–H groups in total. The Labute approximate surface area is 139 Å². The number of carbonyl (C=O) groups excluding carboxylic acids is 1. The minimum Gasteiger partial charge on any atom is -0.375 e. The first-order chi connectivity index (χ1) is 11.1. The number of hydrogen-bond acceptors (Lipinski definition) is 4. The molecule has 0 saturated heterocycles. The van der Waals surface area contributed by atoms with E-state index in [0.717, 1.165) is 17.1 Å². The second kappa shape index (κ2) is 5.42. The summed E-state index contributed by atoms with van der Waals surface area (Å²) in [5.74, 6) is 1.08. The lowest BCUT2D eigenvalue weighted by atomic mass is 10.1. The molecule has 120 valence electrons. The van der Waals surface area contributed by atoms with Crippen molar-refractivity contribution in [2.45, 2.75) is 38.3 Å². The molecule has 1 aromatic carbocycles. The third-order valence-corrected chi connectivity index (χ3v) is 6.37. The Hall–Kier alpha value is -1.72. The number of amides is 1. The molecule has 0 spiro atoms. The fraction of sp³-hybridized carbons (Fsp3) is 0.444. The van der Waals surface area contributed by atoms with Gasteiger partial charge in [-0.3, -0.25) is 4.79 Å². The predicted octanol–water partition coefficient (Wildman–Crippen LogP) is 3.23. The van der Waals surface area contributed by atoms with E-state index in [-0.39, 0.29) is 18.1 Å². The number of carbonyl (C=O) groups is 1. The largest absolute Gasteiger partial charge is 0.375 e. The van der Waals surface area contributed by atoms with Crippen LogP contribution in [0.2, 0.25) is 0 Å². The van der Waals surface area contributed by atoms with Gasteiger partial charge in [-0.25, -0.2) is 4.98 Å². The minimum absolute atomic E-state index is 0.00596. The lowest BCUT2D eigenvalue weighted by Crippen LogP contribution is -2.28. The van der Waals surface area contributed by atoms with E-state index in [2.05, 4.69) is 34.6 Å². The molecule has 2 aliphatic rings. The topological polar surface area (TPSA) is 51.2 Å². The molecule has 0 aliphatic heterocycles. The number of methoxy groups -OCH3 is 1. The van der Waals surface area contributed by atoms with Crippen LogP contribution >= 0.6 is 11.3 Å². The number of benzene rings is 1. The summed E-state index contributed by atoms with van der Waals surface area (Å²) in [5, 5.41) is 4.07. The second-order valence-corrected chi connectivity index (χ2v) is 7.47. The van der Waals surface area contributed by atoms with Crippen molar-refractivity contribution in [3.63, 3.8) is 0 Å². The lowest BCUT2D eigenvalue weighted by Gasteiger charge is -2.09. The molecule has 2 aromatic rings. The van der Waals surface area contributed by atoms with Gasteiger partial charge >= 0.3 is 0 Å². The molecule has 0 bridgehead atoms. The Morgan fingerprint density at radius 3 is 3.00 bits per heavy atom. The number of nitrogens with one attached hydrogen (secondary N) is 1. The molecule has 1 amide bonds. The zero-order chi connectivity index (χ0) is 16.1. The Morgan fingerprint density at radius 2 is 2.22 bits per heavy atom. The van der Waals surface area contributed by atoms with Gasteiger partial charge in [0.1, 0.15) is 16.0 Å². The number of fused-ring (bicyclic) bond motifs is 3. The maximum absolute atomic E-state index is 12.6. The molecular weight excluding hydrogens is 308 g/mol. The summed E-state index contributed by atoms with van der Waals surface area (Å²) in [6, 6.07) is 8.86. The van der Waals surface area contributed by atoms with E-state index in [9.17, 15) is 4.79 Å². The number of nitrogens with zero attached hydrogens (tertiary/aromatic N) is 1. The maximum atomic E-state index is 12.6. The van der Waals surface area contributed by atoms with Crippen LogP contribution in [0.5, 0.6) is 0 Å². The Bertz CT molecular complexity index is 770. The van der Waals surface area contributed by atoms with E-state index in [0.29, 0.717) is 16.7 Å². The smallest absolute Gasteiger partial charge is 0.263 e. The lowest BCUT2D eigenvalue weighted by molar-refractivity contribution is 0.0951. The van der Waals surface area contributed by atoms with Crippen molar-refractivity contribution in [3.8, 4) is 0 Å². The summed E-state index contributed by atoms with van der Waals surface area (Å²) in [5.41, 5.74) is 3.65. The molecule has 1 saturated carbocycles. The van der Waals surface area contributed by atoms with Gasteiger partial charge in [0, 0.05) is 19.1 Å². The van der Waals surface area contributed by atoms with Gasteiger partial charge in [0.05, 0.1) is 5.69 Å². The highest BCUT2D eigenvalue weighted by Gasteiger charge is 2.56. The van der Waals surface area contributed by atoms with Crippen LogP contribution in [0.25, 0.3) is 0 Å². The monoisotopic (exact) mass is 328 g/mol. The van der Waals surface area contributed by atoms with E-state index in [4.69, 9.17) is 4.74 Å². The summed E-state index contributed by atoms with van der Waals surface area (Å²) in [7, 11) is 1.66. The van der Waals surface area contributed by atoms with Crippen LogP contribution in [0.4, 0.5) is 0 Å². The predicted molar refractivity (Wildman–Crippen MR) is 89.9 cm³/mol. The fourth-order valence-electron chi connectivity index (χ4n) is 3.67. The molecule has 4 atom stereocenters. The number of rotatable bonds is 4. The number of aryl methyl sites for hydroxylation is 1. The Balaban J connectivity index is 1.48. The molecule has 0 radical (unpaired) electrons. The molecule has 4 unspecified atom stereocenters. The molecule has 4 rings (SSSR count). The molecule has 2 aliphatic carbocycles. The molecule has 1 fully saturated rings. The van der Waals surface area contributed by atoms with Crippen LogP contribution in [0.3, 0.4) is 0 Å². The van der Waals surface area contributed by atoms with Crippen LogP contribution in [0, 0.1) is 12.8 Å². The summed E-state index contributed by atoms with van der Waals surface area (Å²) >= 11 is 1.44. The van der Waals surface area contributed by atoms with Gasteiger partial charge in [-0.1, -0.05) is 24.3 Å². The second-order valence-electron chi connectivity index (χ2n) is 6.44. The first kappa shape index (κ1) is 14.8. The Morgan fingerprint density at radius 1 is 1.43 bits per heavy atom. The minimum atomic E-state index is -0.0765. The normalized spacial score (nSPS) is 25.6. The van der Waals surface area contributed by atoms with Crippen LogP contribution < -0.4 is 5.32 Å². The molecule has 1 aromatic heterocycles. The number of hydrogen-bond donors (Lipinski definition) is 1.